The van der Waals surface area contributed by atoms with Crippen molar-refractivity contribution in [2.75, 3.05) is 13.1 Å². The van der Waals surface area contributed by atoms with Crippen molar-refractivity contribution in [2.24, 2.45) is 0 Å². The minimum absolute atomic E-state index is 0.0714. The number of aryl methyl sites for hydroxylation is 2. The van der Waals surface area contributed by atoms with Gasteiger partial charge in [0, 0.05) is 18.2 Å². The van der Waals surface area contributed by atoms with Crippen molar-refractivity contribution in [1.29, 1.82) is 0 Å². The average Bonchev–Trinajstić information content (AvgIpc) is 2.93. The molecule has 0 spiro atoms. The third kappa shape index (κ3) is 2.98. The molecule has 0 radical (unpaired) electrons. The molecule has 1 atom stereocenters. The number of rotatable bonds is 3. The van der Waals surface area contributed by atoms with Crippen molar-refractivity contribution in [3.05, 3.63) is 34.9 Å². The van der Waals surface area contributed by atoms with Crippen molar-refractivity contribution < 1.29 is 4.79 Å². The highest BCUT2D eigenvalue weighted by Crippen LogP contribution is 2.22. The number of carbonyl (C=O) groups excluding carboxylic acids is 1. The molecule has 19 heavy (non-hydrogen) atoms. The fourth-order valence-electron chi connectivity index (χ4n) is 3.13. The van der Waals surface area contributed by atoms with Gasteiger partial charge in [-0.15, -0.1) is 0 Å². The summed E-state index contributed by atoms with van der Waals surface area (Å²) in [4.78, 5) is 12.1. The first-order valence-corrected chi connectivity index (χ1v) is 7.46. The summed E-state index contributed by atoms with van der Waals surface area (Å²) < 4.78 is 0. The number of amides is 1. The van der Waals surface area contributed by atoms with Crippen LogP contribution in [0.3, 0.4) is 0 Å². The summed E-state index contributed by atoms with van der Waals surface area (Å²) in [5, 5.41) is 6.51. The van der Waals surface area contributed by atoms with Crippen molar-refractivity contribution in [3.8, 4) is 0 Å². The number of piperidine rings is 1. The first-order chi connectivity index (χ1) is 9.33. The van der Waals surface area contributed by atoms with Crippen LogP contribution in [0.25, 0.3) is 0 Å². The van der Waals surface area contributed by atoms with E-state index in [0.717, 1.165) is 25.1 Å². The Morgan fingerprint density at radius 1 is 1.21 bits per heavy atom. The maximum atomic E-state index is 12.1. The number of hydrogen-bond acceptors (Lipinski definition) is 2. The van der Waals surface area contributed by atoms with Crippen molar-refractivity contribution >= 4 is 5.91 Å². The monoisotopic (exact) mass is 258 g/mol. The summed E-state index contributed by atoms with van der Waals surface area (Å²) in [5.74, 6) is 0.0714. The van der Waals surface area contributed by atoms with E-state index >= 15 is 0 Å². The Morgan fingerprint density at radius 2 is 2.11 bits per heavy atom. The number of fused-ring (bicyclic) bond motifs is 1. The zero-order valence-electron chi connectivity index (χ0n) is 11.4. The minimum atomic E-state index is 0.0714. The fourth-order valence-corrected chi connectivity index (χ4v) is 3.13. The molecule has 0 saturated carbocycles. The molecule has 1 unspecified atom stereocenters. The fraction of sp³-hybridized carbons (Fsp3) is 0.562. The summed E-state index contributed by atoms with van der Waals surface area (Å²) in [7, 11) is 0. The normalized spacial score (nSPS) is 22.0. The van der Waals surface area contributed by atoms with Gasteiger partial charge in [0.05, 0.1) is 0 Å². The van der Waals surface area contributed by atoms with Gasteiger partial charge < -0.3 is 10.6 Å². The third-order valence-electron chi connectivity index (χ3n) is 4.28. The van der Waals surface area contributed by atoms with Crippen LogP contribution in [0.2, 0.25) is 0 Å². The van der Waals surface area contributed by atoms with E-state index in [0.29, 0.717) is 6.04 Å². The molecule has 3 rings (SSSR count). The summed E-state index contributed by atoms with van der Waals surface area (Å²) in [5.41, 5.74) is 3.60. The van der Waals surface area contributed by atoms with Gasteiger partial charge in [-0.25, -0.2) is 0 Å². The van der Waals surface area contributed by atoms with Gasteiger partial charge in [0.1, 0.15) is 0 Å². The highest BCUT2D eigenvalue weighted by atomic mass is 16.1. The molecule has 0 bridgehead atoms. The van der Waals surface area contributed by atoms with Crippen LogP contribution in [0.1, 0.15) is 47.2 Å². The van der Waals surface area contributed by atoms with Gasteiger partial charge in [-0.2, -0.15) is 0 Å². The molecule has 1 amide bonds. The van der Waals surface area contributed by atoms with Gasteiger partial charge in [-0.1, -0.05) is 12.5 Å². The molecule has 1 aliphatic carbocycles. The van der Waals surface area contributed by atoms with E-state index < -0.39 is 0 Å². The lowest BCUT2D eigenvalue weighted by molar-refractivity contribution is 0.0947. The van der Waals surface area contributed by atoms with E-state index in [1.54, 1.807) is 0 Å². The van der Waals surface area contributed by atoms with Crippen LogP contribution < -0.4 is 10.6 Å². The Bertz CT molecular complexity index is 464. The second-order valence-corrected chi connectivity index (χ2v) is 5.69. The Labute approximate surface area is 114 Å². The van der Waals surface area contributed by atoms with E-state index in [9.17, 15) is 4.79 Å². The molecule has 102 valence electrons. The minimum Gasteiger partial charge on any atom is -0.350 e. The van der Waals surface area contributed by atoms with Crippen LogP contribution in [-0.4, -0.2) is 25.0 Å². The van der Waals surface area contributed by atoms with E-state index in [4.69, 9.17) is 0 Å². The highest BCUT2D eigenvalue weighted by Gasteiger charge is 2.16. The molecular weight excluding hydrogens is 236 g/mol. The van der Waals surface area contributed by atoms with Gasteiger partial charge in [0.15, 0.2) is 0 Å². The number of hydrogen-bond donors (Lipinski definition) is 2. The van der Waals surface area contributed by atoms with Crippen LogP contribution in [0, 0.1) is 0 Å². The lowest BCUT2D eigenvalue weighted by Gasteiger charge is -2.23. The third-order valence-corrected chi connectivity index (χ3v) is 4.28. The molecule has 1 heterocycles. The first kappa shape index (κ1) is 12.7. The predicted molar refractivity (Wildman–Crippen MR) is 76.4 cm³/mol. The quantitative estimate of drug-likeness (QED) is 0.871. The topological polar surface area (TPSA) is 41.1 Å². The van der Waals surface area contributed by atoms with Crippen LogP contribution in [-0.2, 0) is 12.8 Å². The number of benzene rings is 1. The second kappa shape index (κ2) is 5.74. The van der Waals surface area contributed by atoms with Crippen LogP contribution in [0.4, 0.5) is 0 Å². The summed E-state index contributed by atoms with van der Waals surface area (Å²) >= 11 is 0. The van der Waals surface area contributed by atoms with Gasteiger partial charge in [0.25, 0.3) is 5.91 Å². The summed E-state index contributed by atoms with van der Waals surface area (Å²) in [6, 6.07) is 6.61. The molecular formula is C16H22N2O. The summed E-state index contributed by atoms with van der Waals surface area (Å²) in [6.07, 6.45) is 7.22. The predicted octanol–water partition coefficient (Wildman–Crippen LogP) is 2.05. The van der Waals surface area contributed by atoms with Crippen molar-refractivity contribution in [2.45, 2.75) is 44.6 Å². The largest absolute Gasteiger partial charge is 0.350 e. The molecule has 0 aromatic heterocycles. The zero-order valence-corrected chi connectivity index (χ0v) is 11.4. The molecule has 1 saturated heterocycles. The van der Waals surface area contributed by atoms with Gasteiger partial charge >= 0.3 is 0 Å². The number of nitrogens with one attached hydrogen (secondary N) is 2. The van der Waals surface area contributed by atoms with E-state index in [2.05, 4.69) is 22.8 Å². The Kier molecular flexibility index (Phi) is 3.83. The molecule has 3 nitrogen and oxygen atoms in total. The average molecular weight is 258 g/mol. The Morgan fingerprint density at radius 3 is 2.95 bits per heavy atom. The summed E-state index contributed by atoms with van der Waals surface area (Å²) in [6.45, 7) is 1.83. The van der Waals surface area contributed by atoms with Crippen molar-refractivity contribution in [3.63, 3.8) is 0 Å². The molecule has 2 aliphatic rings. The molecule has 2 N–H and O–H groups in total. The zero-order chi connectivity index (χ0) is 13.1. The SMILES string of the molecule is O=C(NCC1CCCCN1)c1ccc2c(c1)CCC2. The first-order valence-electron chi connectivity index (χ1n) is 7.46. The van der Waals surface area contributed by atoms with E-state index in [1.165, 1.54) is 43.2 Å². The molecule has 1 aliphatic heterocycles. The van der Waals surface area contributed by atoms with Crippen LogP contribution in [0.5, 0.6) is 0 Å². The Balaban J connectivity index is 1.57. The Hall–Kier alpha value is -1.35. The van der Waals surface area contributed by atoms with E-state index in [1.807, 2.05) is 6.07 Å². The standard InChI is InChI=1S/C16H22N2O/c19-16(18-11-15-6-1-2-9-17-15)14-8-7-12-4-3-5-13(12)10-14/h7-8,10,15,17H,1-6,9,11H2,(H,18,19). The second-order valence-electron chi connectivity index (χ2n) is 5.69. The van der Waals surface area contributed by atoms with Crippen LogP contribution in [0.15, 0.2) is 18.2 Å². The van der Waals surface area contributed by atoms with Gasteiger partial charge in [-0.05, 0) is 61.9 Å². The smallest absolute Gasteiger partial charge is 0.251 e. The molecule has 1 aromatic rings. The maximum Gasteiger partial charge on any atom is 0.251 e. The van der Waals surface area contributed by atoms with Crippen LogP contribution >= 0.6 is 0 Å². The van der Waals surface area contributed by atoms with Gasteiger partial charge in [0.2, 0.25) is 0 Å². The lowest BCUT2D eigenvalue weighted by atomic mass is 10.0. The van der Waals surface area contributed by atoms with E-state index in [-0.39, 0.29) is 5.91 Å². The van der Waals surface area contributed by atoms with Crippen molar-refractivity contribution in [1.82, 2.24) is 10.6 Å². The maximum absolute atomic E-state index is 12.1. The molecule has 3 heteroatoms. The highest BCUT2D eigenvalue weighted by molar-refractivity contribution is 5.94. The lowest BCUT2D eigenvalue weighted by Crippen LogP contribution is -2.43. The van der Waals surface area contributed by atoms with Gasteiger partial charge in [-0.3, -0.25) is 4.79 Å². The molecule has 1 aromatic carbocycles. The molecule has 1 fully saturated rings. The number of carbonyl (C=O) groups is 1.